The van der Waals surface area contributed by atoms with Gasteiger partial charge in [-0.2, -0.15) is 0 Å². The van der Waals surface area contributed by atoms with E-state index in [-0.39, 0.29) is 4.90 Å². The van der Waals surface area contributed by atoms with E-state index in [1.165, 1.54) is 24.3 Å². The van der Waals surface area contributed by atoms with Gasteiger partial charge in [0.1, 0.15) is 0 Å². The van der Waals surface area contributed by atoms with Gasteiger partial charge in [0.15, 0.2) is 0 Å². The first-order valence-corrected chi connectivity index (χ1v) is 7.15. The van der Waals surface area contributed by atoms with E-state index >= 15 is 0 Å². The van der Waals surface area contributed by atoms with Crippen molar-refractivity contribution < 1.29 is 18.3 Å². The summed E-state index contributed by atoms with van der Waals surface area (Å²) in [5.41, 5.74) is 0.791. The highest BCUT2D eigenvalue weighted by Gasteiger charge is 2.17. The van der Waals surface area contributed by atoms with Crippen LogP contribution in [0.25, 0.3) is 0 Å². The number of anilines is 2. The highest BCUT2D eigenvalue weighted by molar-refractivity contribution is 7.89. The maximum absolute atomic E-state index is 11.4. The lowest BCUT2D eigenvalue weighted by Gasteiger charge is -2.19. The second-order valence-corrected chi connectivity index (χ2v) is 5.55. The summed E-state index contributed by atoms with van der Waals surface area (Å²) in [6, 6.07) is 13.8. The lowest BCUT2D eigenvalue weighted by atomic mass is 10.2. The highest BCUT2D eigenvalue weighted by atomic mass is 32.2. The molecule has 0 spiro atoms. The van der Waals surface area contributed by atoms with Gasteiger partial charge in [-0.05, 0) is 36.4 Å². The molecule has 104 valence electrons. The van der Waals surface area contributed by atoms with Crippen molar-refractivity contribution in [2.75, 3.05) is 4.90 Å². The summed E-state index contributed by atoms with van der Waals surface area (Å²) in [4.78, 5) is 12.3. The van der Waals surface area contributed by atoms with Crippen LogP contribution in [0.15, 0.2) is 59.5 Å². The summed E-state index contributed by atoms with van der Waals surface area (Å²) < 4.78 is 22.3. The van der Waals surface area contributed by atoms with Crippen molar-refractivity contribution in [1.82, 2.24) is 0 Å². The zero-order chi connectivity index (χ0) is 14.8. The Bertz CT molecular complexity index is 712. The van der Waals surface area contributed by atoms with Gasteiger partial charge in [0.2, 0.25) is 10.0 Å². The van der Waals surface area contributed by atoms with Crippen LogP contribution in [0.4, 0.5) is 16.2 Å². The molecule has 0 aliphatic carbocycles. The number of hydrogen-bond acceptors (Lipinski definition) is 3. The quantitative estimate of drug-likeness (QED) is 0.905. The van der Waals surface area contributed by atoms with Gasteiger partial charge < -0.3 is 5.11 Å². The molecule has 2 aromatic carbocycles. The number of para-hydroxylation sites is 1. The fourth-order valence-electron chi connectivity index (χ4n) is 1.73. The van der Waals surface area contributed by atoms with Crippen LogP contribution in [0, 0.1) is 0 Å². The monoisotopic (exact) mass is 292 g/mol. The van der Waals surface area contributed by atoms with Gasteiger partial charge in [0.25, 0.3) is 0 Å². The summed E-state index contributed by atoms with van der Waals surface area (Å²) in [6.45, 7) is 0. The summed E-state index contributed by atoms with van der Waals surface area (Å²) in [5, 5.41) is 14.3. The number of rotatable bonds is 3. The second-order valence-electron chi connectivity index (χ2n) is 3.99. The average Bonchev–Trinajstić information content (AvgIpc) is 2.39. The van der Waals surface area contributed by atoms with Crippen molar-refractivity contribution >= 4 is 27.5 Å². The molecule has 0 aromatic heterocycles. The number of nitrogens with zero attached hydrogens (tertiary/aromatic N) is 1. The Morgan fingerprint density at radius 1 is 0.950 bits per heavy atom. The predicted octanol–water partition coefficient (Wildman–Crippen LogP) is 2.15. The molecule has 6 nitrogen and oxygen atoms in total. The summed E-state index contributed by atoms with van der Waals surface area (Å²) >= 11 is 0. The first-order chi connectivity index (χ1) is 9.39. The minimum absolute atomic E-state index is 0.0698. The molecule has 0 saturated heterocycles. The Balaban J connectivity index is 2.44. The number of carboxylic acid groups (broad SMARTS) is 1. The molecule has 0 aliphatic heterocycles. The molecule has 0 saturated carbocycles. The van der Waals surface area contributed by atoms with Crippen LogP contribution in [0.3, 0.4) is 0 Å². The Kier molecular flexibility index (Phi) is 3.73. The Hall–Kier alpha value is -2.38. The van der Waals surface area contributed by atoms with Gasteiger partial charge in [0.05, 0.1) is 16.3 Å². The summed E-state index contributed by atoms with van der Waals surface area (Å²) in [6.07, 6.45) is -1.17. The first-order valence-electron chi connectivity index (χ1n) is 5.60. The molecule has 7 heteroatoms. The van der Waals surface area contributed by atoms with E-state index in [4.69, 9.17) is 5.14 Å². The zero-order valence-electron chi connectivity index (χ0n) is 10.3. The van der Waals surface area contributed by atoms with Gasteiger partial charge >= 0.3 is 6.09 Å². The lowest BCUT2D eigenvalue weighted by Crippen LogP contribution is -2.23. The molecule has 0 unspecified atom stereocenters. The number of sulfonamides is 1. The molecule has 0 atom stereocenters. The van der Waals surface area contributed by atoms with Crippen LogP contribution in [-0.2, 0) is 10.0 Å². The van der Waals surface area contributed by atoms with E-state index in [0.29, 0.717) is 11.4 Å². The topological polar surface area (TPSA) is 101 Å². The number of nitrogens with two attached hydrogens (primary N) is 1. The van der Waals surface area contributed by atoms with Crippen molar-refractivity contribution in [3.63, 3.8) is 0 Å². The van der Waals surface area contributed by atoms with Crippen LogP contribution in [0.1, 0.15) is 0 Å². The fraction of sp³-hybridized carbons (Fsp3) is 0. The molecule has 0 bridgehead atoms. The lowest BCUT2D eigenvalue weighted by molar-refractivity contribution is 0.205. The standard InChI is InChI=1S/C13H12N2O4S/c14-20(18,19)12-8-6-11(7-9-12)15(13(16)17)10-4-2-1-3-5-10/h1-9H,(H,16,17)(H2,14,18,19). The van der Waals surface area contributed by atoms with Gasteiger partial charge in [-0.1, -0.05) is 18.2 Å². The molecular formula is C13H12N2O4S. The van der Waals surface area contributed by atoms with Gasteiger partial charge in [0, 0.05) is 0 Å². The normalized spacial score (nSPS) is 11.1. The molecular weight excluding hydrogens is 280 g/mol. The third-order valence-electron chi connectivity index (χ3n) is 2.63. The number of hydrogen-bond donors (Lipinski definition) is 2. The third kappa shape index (κ3) is 2.95. The number of benzene rings is 2. The van der Waals surface area contributed by atoms with Crippen molar-refractivity contribution in [3.05, 3.63) is 54.6 Å². The van der Waals surface area contributed by atoms with Crippen molar-refractivity contribution in [2.45, 2.75) is 4.90 Å². The third-order valence-corrected chi connectivity index (χ3v) is 3.56. The molecule has 0 fully saturated rings. The Morgan fingerprint density at radius 2 is 1.45 bits per heavy atom. The van der Waals surface area contributed by atoms with Crippen LogP contribution in [0.2, 0.25) is 0 Å². The maximum atomic E-state index is 11.4. The fourth-order valence-corrected chi connectivity index (χ4v) is 2.25. The van der Waals surface area contributed by atoms with E-state index in [2.05, 4.69) is 0 Å². The molecule has 1 amide bonds. The molecule has 2 aromatic rings. The molecule has 0 aliphatic rings. The Labute approximate surface area is 116 Å². The van der Waals surface area contributed by atoms with E-state index in [1.807, 2.05) is 0 Å². The molecule has 2 rings (SSSR count). The van der Waals surface area contributed by atoms with E-state index in [1.54, 1.807) is 30.3 Å². The van der Waals surface area contributed by atoms with Crippen LogP contribution in [-0.4, -0.2) is 19.6 Å². The summed E-state index contributed by atoms with van der Waals surface area (Å²) in [7, 11) is -3.80. The maximum Gasteiger partial charge on any atom is 0.416 e. The van der Waals surface area contributed by atoms with E-state index in [0.717, 1.165) is 4.90 Å². The largest absolute Gasteiger partial charge is 0.464 e. The van der Waals surface area contributed by atoms with Gasteiger partial charge in [-0.25, -0.2) is 23.3 Å². The first kappa shape index (κ1) is 14.0. The average molecular weight is 292 g/mol. The van der Waals surface area contributed by atoms with Crippen LogP contribution in [0.5, 0.6) is 0 Å². The SMILES string of the molecule is NS(=O)(=O)c1ccc(N(C(=O)O)c2ccccc2)cc1. The van der Waals surface area contributed by atoms with Crippen LogP contribution < -0.4 is 10.0 Å². The molecule has 0 heterocycles. The van der Waals surface area contributed by atoms with Crippen molar-refractivity contribution in [3.8, 4) is 0 Å². The van der Waals surface area contributed by atoms with Crippen LogP contribution >= 0.6 is 0 Å². The molecule has 0 radical (unpaired) electrons. The highest BCUT2D eigenvalue weighted by Crippen LogP contribution is 2.26. The van der Waals surface area contributed by atoms with Crippen molar-refractivity contribution in [2.24, 2.45) is 5.14 Å². The Morgan fingerprint density at radius 3 is 1.90 bits per heavy atom. The summed E-state index contributed by atoms with van der Waals surface area (Å²) in [5.74, 6) is 0. The molecule has 3 N–H and O–H groups in total. The minimum Gasteiger partial charge on any atom is -0.464 e. The van der Waals surface area contributed by atoms with E-state index < -0.39 is 16.1 Å². The number of primary sulfonamides is 1. The second kappa shape index (κ2) is 5.32. The zero-order valence-corrected chi connectivity index (χ0v) is 11.1. The predicted molar refractivity (Wildman–Crippen MR) is 74.4 cm³/mol. The molecule has 20 heavy (non-hydrogen) atoms. The number of amides is 1. The number of carbonyl (C=O) groups is 1. The van der Waals surface area contributed by atoms with Crippen molar-refractivity contribution in [1.29, 1.82) is 0 Å². The smallest absolute Gasteiger partial charge is 0.416 e. The van der Waals surface area contributed by atoms with Gasteiger partial charge in [-0.3, -0.25) is 0 Å². The minimum atomic E-state index is -3.80. The van der Waals surface area contributed by atoms with Gasteiger partial charge in [-0.15, -0.1) is 0 Å². The van der Waals surface area contributed by atoms with E-state index in [9.17, 15) is 18.3 Å².